The van der Waals surface area contributed by atoms with E-state index in [0.717, 1.165) is 54.4 Å². The third-order valence-electron chi connectivity index (χ3n) is 6.72. The van der Waals surface area contributed by atoms with Crippen LogP contribution in [0, 0.1) is 11.3 Å². The summed E-state index contributed by atoms with van der Waals surface area (Å²) in [6.07, 6.45) is 8.39. The first-order valence-corrected chi connectivity index (χ1v) is 11.5. The van der Waals surface area contributed by atoms with Crippen LogP contribution in [0.1, 0.15) is 51.2 Å². The van der Waals surface area contributed by atoms with Gasteiger partial charge in [-0.05, 0) is 54.5 Å². The molecule has 1 aliphatic carbocycles. The molecule has 1 N–H and O–H groups in total. The normalized spacial score (nSPS) is 23.3. The minimum Gasteiger partial charge on any atom is -0.444 e. The summed E-state index contributed by atoms with van der Waals surface area (Å²) in [7, 11) is 1.92. The molecule has 4 rings (SSSR count). The van der Waals surface area contributed by atoms with E-state index in [0.29, 0.717) is 29.5 Å². The highest BCUT2D eigenvalue weighted by Crippen LogP contribution is 2.34. The second-order valence-electron chi connectivity index (χ2n) is 8.47. The number of hydrogen-bond acceptors (Lipinski definition) is 6. The van der Waals surface area contributed by atoms with Crippen LogP contribution in [0.4, 0.5) is 5.82 Å². The van der Waals surface area contributed by atoms with Crippen molar-refractivity contribution in [2.75, 3.05) is 25.5 Å². The van der Waals surface area contributed by atoms with Crippen molar-refractivity contribution < 1.29 is 9.21 Å². The Labute approximate surface area is 185 Å². The molecule has 0 aromatic carbocycles. The third-order valence-corrected chi connectivity index (χ3v) is 7.53. The predicted octanol–water partition coefficient (Wildman–Crippen LogP) is 4.13. The molecule has 1 aliphatic heterocycles. The van der Waals surface area contributed by atoms with Gasteiger partial charge < -0.3 is 19.5 Å². The number of halogens is 1. The van der Waals surface area contributed by atoms with Crippen LogP contribution >= 0.6 is 15.9 Å². The van der Waals surface area contributed by atoms with Gasteiger partial charge in [0.05, 0.1) is 10.7 Å². The molecule has 2 aliphatic rings. The molecule has 0 radical (unpaired) electrons. The number of rotatable bonds is 4. The van der Waals surface area contributed by atoms with Gasteiger partial charge >= 0.3 is 0 Å². The van der Waals surface area contributed by atoms with Gasteiger partial charge in [-0.2, -0.15) is 5.26 Å². The van der Waals surface area contributed by atoms with Gasteiger partial charge in [0.1, 0.15) is 11.9 Å². The summed E-state index contributed by atoms with van der Waals surface area (Å²) in [6.45, 7) is 3.81. The second-order valence-corrected chi connectivity index (χ2v) is 9.26. The molecule has 0 unspecified atom stereocenters. The van der Waals surface area contributed by atoms with Crippen LogP contribution in [0.5, 0.6) is 0 Å². The number of hydrogen-bond donors (Lipinski definition) is 1. The maximum atomic E-state index is 11.6. The SMILES string of the molecule is CC(=O)N(C)C1CCN(C2CCC(Nc3ncc4oc(C#N)cc4c3Br)CC2)CC1. The summed E-state index contributed by atoms with van der Waals surface area (Å²) < 4.78 is 6.30. The highest BCUT2D eigenvalue weighted by molar-refractivity contribution is 9.10. The number of anilines is 1. The number of aromatic nitrogens is 1. The number of nitrogens with one attached hydrogen (secondary N) is 1. The summed E-state index contributed by atoms with van der Waals surface area (Å²) in [6, 6.07) is 5.20. The first kappa shape index (κ1) is 21.1. The lowest BCUT2D eigenvalue weighted by Gasteiger charge is -2.42. The summed E-state index contributed by atoms with van der Waals surface area (Å²) in [5.41, 5.74) is 0.617. The fourth-order valence-electron chi connectivity index (χ4n) is 4.81. The van der Waals surface area contributed by atoms with Gasteiger partial charge in [-0.15, -0.1) is 0 Å². The topological polar surface area (TPSA) is 85.4 Å². The Morgan fingerprint density at radius 1 is 1.30 bits per heavy atom. The zero-order valence-corrected chi connectivity index (χ0v) is 19.1. The van der Waals surface area contributed by atoms with E-state index in [9.17, 15) is 4.79 Å². The molecule has 8 heteroatoms. The molecule has 0 spiro atoms. The van der Waals surface area contributed by atoms with Crippen LogP contribution in [0.2, 0.25) is 0 Å². The Hall–Kier alpha value is -2.11. The number of piperidine rings is 1. The number of amides is 1. The van der Waals surface area contributed by atoms with Crippen molar-refractivity contribution >= 4 is 38.6 Å². The molecule has 0 bridgehead atoms. The molecule has 1 saturated carbocycles. The Morgan fingerprint density at radius 2 is 2.00 bits per heavy atom. The molecule has 2 aromatic rings. The summed E-state index contributed by atoms with van der Waals surface area (Å²) >= 11 is 3.62. The number of carbonyl (C=O) groups is 1. The fourth-order valence-corrected chi connectivity index (χ4v) is 5.34. The minimum atomic E-state index is 0.164. The van der Waals surface area contributed by atoms with E-state index in [4.69, 9.17) is 9.68 Å². The zero-order valence-electron chi connectivity index (χ0n) is 17.5. The minimum absolute atomic E-state index is 0.164. The van der Waals surface area contributed by atoms with Crippen molar-refractivity contribution in [1.29, 1.82) is 5.26 Å². The van der Waals surface area contributed by atoms with E-state index in [2.05, 4.69) is 31.1 Å². The van der Waals surface area contributed by atoms with Gasteiger partial charge in [0, 0.05) is 56.6 Å². The summed E-state index contributed by atoms with van der Waals surface area (Å²) in [4.78, 5) is 20.6. The zero-order chi connectivity index (χ0) is 21.3. The number of likely N-dealkylation sites (tertiary alicyclic amines) is 1. The maximum absolute atomic E-state index is 11.6. The van der Waals surface area contributed by atoms with Gasteiger partial charge in [0.15, 0.2) is 5.58 Å². The van der Waals surface area contributed by atoms with Crippen molar-refractivity contribution in [3.63, 3.8) is 0 Å². The molecule has 7 nitrogen and oxygen atoms in total. The Balaban J connectivity index is 1.30. The smallest absolute Gasteiger partial charge is 0.219 e. The quantitative estimate of drug-likeness (QED) is 0.718. The number of nitriles is 1. The third kappa shape index (κ3) is 4.33. The summed E-state index contributed by atoms with van der Waals surface area (Å²) in [5, 5.41) is 13.5. The molecule has 1 saturated heterocycles. The Morgan fingerprint density at radius 3 is 2.63 bits per heavy atom. The van der Waals surface area contributed by atoms with Crippen molar-refractivity contribution in [1.82, 2.24) is 14.8 Å². The van der Waals surface area contributed by atoms with E-state index in [1.807, 2.05) is 18.0 Å². The molecule has 30 heavy (non-hydrogen) atoms. The largest absolute Gasteiger partial charge is 0.444 e. The van der Waals surface area contributed by atoms with E-state index >= 15 is 0 Å². The van der Waals surface area contributed by atoms with Crippen LogP contribution in [0.25, 0.3) is 11.0 Å². The first-order chi connectivity index (χ1) is 14.5. The van der Waals surface area contributed by atoms with Crippen molar-refractivity contribution in [2.45, 2.75) is 63.6 Å². The molecule has 2 fully saturated rings. The summed E-state index contributed by atoms with van der Waals surface area (Å²) in [5.74, 6) is 1.27. The second kappa shape index (κ2) is 8.94. The van der Waals surface area contributed by atoms with Crippen LogP contribution in [0.15, 0.2) is 21.2 Å². The lowest BCUT2D eigenvalue weighted by atomic mass is 9.88. The monoisotopic (exact) mass is 473 g/mol. The van der Waals surface area contributed by atoms with Crippen molar-refractivity contribution in [2.24, 2.45) is 0 Å². The molecule has 0 atom stereocenters. The van der Waals surface area contributed by atoms with E-state index < -0.39 is 0 Å². The van der Waals surface area contributed by atoms with Crippen LogP contribution in [0.3, 0.4) is 0 Å². The maximum Gasteiger partial charge on any atom is 0.219 e. The molecule has 2 aromatic heterocycles. The lowest BCUT2D eigenvalue weighted by molar-refractivity contribution is -0.130. The molecule has 160 valence electrons. The van der Waals surface area contributed by atoms with Crippen molar-refractivity contribution in [3.05, 3.63) is 22.5 Å². The number of fused-ring (bicyclic) bond motifs is 1. The van der Waals surface area contributed by atoms with Crippen molar-refractivity contribution in [3.8, 4) is 6.07 Å². The predicted molar refractivity (Wildman–Crippen MR) is 119 cm³/mol. The lowest BCUT2D eigenvalue weighted by Crippen LogP contribution is -2.49. The van der Waals surface area contributed by atoms with E-state index in [-0.39, 0.29) is 5.91 Å². The Kier molecular flexibility index (Phi) is 6.30. The number of carbonyl (C=O) groups excluding carboxylic acids is 1. The Bertz CT molecular complexity index is 952. The van der Waals surface area contributed by atoms with Crippen LogP contribution in [-0.2, 0) is 4.79 Å². The van der Waals surface area contributed by atoms with Gasteiger partial charge in [0.2, 0.25) is 11.7 Å². The van der Waals surface area contributed by atoms with Gasteiger partial charge in [-0.25, -0.2) is 4.98 Å². The number of pyridine rings is 1. The molecular weight excluding hydrogens is 446 g/mol. The molecule has 3 heterocycles. The van der Waals surface area contributed by atoms with Gasteiger partial charge in [-0.3, -0.25) is 4.79 Å². The van der Waals surface area contributed by atoms with E-state index in [1.165, 1.54) is 12.8 Å². The number of furan rings is 1. The number of nitrogens with zero attached hydrogens (tertiary/aromatic N) is 4. The highest BCUT2D eigenvalue weighted by atomic mass is 79.9. The van der Waals surface area contributed by atoms with Gasteiger partial charge in [-0.1, -0.05) is 0 Å². The standard InChI is InChI=1S/C22H28BrN5O2/c1-14(29)27(2)16-7-9-28(10-8-16)17-5-3-15(4-6-17)26-22-21(23)19-11-18(12-24)30-20(19)13-25-22/h11,13,15-17H,3-10H2,1-2H3,(H,25,26). The average molecular weight is 474 g/mol. The molecule has 1 amide bonds. The van der Waals surface area contributed by atoms with Gasteiger partial charge in [0.25, 0.3) is 0 Å². The van der Waals surface area contributed by atoms with E-state index in [1.54, 1.807) is 19.2 Å². The molecular formula is C22H28BrN5O2. The average Bonchev–Trinajstić information content (AvgIpc) is 3.20. The van der Waals surface area contributed by atoms with Crippen LogP contribution < -0.4 is 5.32 Å². The first-order valence-electron chi connectivity index (χ1n) is 10.7. The fraction of sp³-hybridized carbons (Fsp3) is 0.591. The highest BCUT2D eigenvalue weighted by Gasteiger charge is 2.31. The van der Waals surface area contributed by atoms with Crippen LogP contribution in [-0.4, -0.2) is 59.0 Å².